The number of nitro groups is 1. The van der Waals surface area contributed by atoms with Crippen LogP contribution in [0.3, 0.4) is 0 Å². The van der Waals surface area contributed by atoms with Crippen LogP contribution in [-0.2, 0) is 6.54 Å². The van der Waals surface area contributed by atoms with Crippen molar-refractivity contribution in [2.45, 2.75) is 20.4 Å². The van der Waals surface area contributed by atoms with Crippen molar-refractivity contribution in [2.24, 2.45) is 4.99 Å². The van der Waals surface area contributed by atoms with Crippen molar-refractivity contribution in [1.82, 2.24) is 10.6 Å². The van der Waals surface area contributed by atoms with Gasteiger partial charge in [-0.1, -0.05) is 29.8 Å². The number of nitrogens with one attached hydrogen (secondary N) is 2. The first-order chi connectivity index (χ1) is 12.6. The summed E-state index contributed by atoms with van der Waals surface area (Å²) in [6.45, 7) is 6.34. The Labute approximate surface area is 176 Å². The van der Waals surface area contributed by atoms with Gasteiger partial charge in [0.05, 0.1) is 18.0 Å². The standard InChI is InChI=1S/C19H24N4O3.HI/c1-3-20-19(21-12-13-26-18-10-4-15(2)5-11-18)22-14-16-6-8-17(9-7-16)23(24)25;/h4-11H,3,12-14H2,1-2H3,(H2,20,21,22);1H. The Balaban J connectivity index is 0.00000364. The fourth-order valence-electron chi connectivity index (χ4n) is 2.21. The van der Waals surface area contributed by atoms with Crippen LogP contribution < -0.4 is 15.4 Å². The topological polar surface area (TPSA) is 88.8 Å². The molecule has 0 aliphatic heterocycles. The summed E-state index contributed by atoms with van der Waals surface area (Å²) in [6.07, 6.45) is 0. The van der Waals surface area contributed by atoms with Crippen LogP contribution in [0.25, 0.3) is 0 Å². The number of halogens is 1. The van der Waals surface area contributed by atoms with Crippen LogP contribution >= 0.6 is 24.0 Å². The molecule has 0 saturated heterocycles. The number of benzene rings is 2. The third kappa shape index (κ3) is 8.25. The van der Waals surface area contributed by atoms with Crippen molar-refractivity contribution in [3.05, 3.63) is 69.8 Å². The van der Waals surface area contributed by atoms with E-state index >= 15 is 0 Å². The Bertz CT molecular complexity index is 734. The van der Waals surface area contributed by atoms with Crippen molar-refractivity contribution >= 4 is 35.6 Å². The van der Waals surface area contributed by atoms with Crippen molar-refractivity contribution in [1.29, 1.82) is 0 Å². The second kappa shape index (κ2) is 12.1. The molecule has 0 unspecified atom stereocenters. The quantitative estimate of drug-likeness (QED) is 0.149. The Kier molecular flexibility index (Phi) is 10.2. The van der Waals surface area contributed by atoms with Gasteiger partial charge >= 0.3 is 0 Å². The fourth-order valence-corrected chi connectivity index (χ4v) is 2.21. The molecule has 0 bridgehead atoms. The first-order valence-electron chi connectivity index (χ1n) is 8.53. The summed E-state index contributed by atoms with van der Waals surface area (Å²) >= 11 is 0. The minimum atomic E-state index is -0.410. The Morgan fingerprint density at radius 3 is 2.37 bits per heavy atom. The summed E-state index contributed by atoms with van der Waals surface area (Å²) in [6, 6.07) is 14.3. The molecule has 8 heteroatoms. The molecule has 0 saturated carbocycles. The van der Waals surface area contributed by atoms with Crippen molar-refractivity contribution in [3.8, 4) is 5.75 Å². The summed E-state index contributed by atoms with van der Waals surface area (Å²) in [4.78, 5) is 14.7. The van der Waals surface area contributed by atoms with Gasteiger partial charge in [0.2, 0.25) is 0 Å². The van der Waals surface area contributed by atoms with Crippen LogP contribution in [0.15, 0.2) is 53.5 Å². The molecule has 0 amide bonds. The number of guanidine groups is 1. The Morgan fingerprint density at radius 1 is 1.11 bits per heavy atom. The smallest absolute Gasteiger partial charge is 0.269 e. The minimum Gasteiger partial charge on any atom is -0.492 e. The van der Waals surface area contributed by atoms with E-state index in [0.717, 1.165) is 17.9 Å². The largest absolute Gasteiger partial charge is 0.492 e. The van der Waals surface area contributed by atoms with E-state index in [1.54, 1.807) is 12.1 Å². The van der Waals surface area contributed by atoms with Crippen LogP contribution in [0.4, 0.5) is 5.69 Å². The zero-order valence-corrected chi connectivity index (χ0v) is 17.8. The number of nitrogens with zero attached hydrogens (tertiary/aromatic N) is 2. The number of aliphatic imine (C=N–C) groups is 1. The predicted octanol–water partition coefficient (Wildman–Crippen LogP) is 3.66. The Hall–Kier alpha value is -2.36. The lowest BCUT2D eigenvalue weighted by molar-refractivity contribution is -0.384. The SMILES string of the molecule is CCNC(=NCc1ccc([N+](=O)[O-])cc1)NCCOc1ccc(C)cc1.I. The molecule has 0 aliphatic carbocycles. The average Bonchev–Trinajstić information content (AvgIpc) is 2.65. The molecule has 2 rings (SSSR count). The third-order valence-corrected chi connectivity index (χ3v) is 3.60. The second-order valence-electron chi connectivity index (χ2n) is 5.71. The highest BCUT2D eigenvalue weighted by atomic mass is 127. The molecule has 146 valence electrons. The number of ether oxygens (including phenoxy) is 1. The first-order valence-corrected chi connectivity index (χ1v) is 8.53. The van der Waals surface area contributed by atoms with E-state index in [2.05, 4.69) is 15.6 Å². The highest BCUT2D eigenvalue weighted by Crippen LogP contribution is 2.12. The zero-order chi connectivity index (χ0) is 18.8. The first kappa shape index (κ1) is 22.7. The molecule has 0 radical (unpaired) electrons. The molecule has 2 aromatic rings. The number of aryl methyl sites for hydroxylation is 1. The van der Waals surface area contributed by atoms with Crippen molar-refractivity contribution in [3.63, 3.8) is 0 Å². The lowest BCUT2D eigenvalue weighted by atomic mass is 10.2. The molecule has 0 aliphatic rings. The molecule has 0 aromatic heterocycles. The van der Waals surface area contributed by atoms with Crippen molar-refractivity contribution < 1.29 is 9.66 Å². The third-order valence-electron chi connectivity index (χ3n) is 3.60. The summed E-state index contributed by atoms with van der Waals surface area (Å²) in [5, 5.41) is 17.0. The van der Waals surface area contributed by atoms with Gasteiger partial charge in [-0.15, -0.1) is 24.0 Å². The molecular weight excluding hydrogens is 459 g/mol. The lowest BCUT2D eigenvalue weighted by Gasteiger charge is -2.12. The Morgan fingerprint density at radius 2 is 1.78 bits per heavy atom. The summed E-state index contributed by atoms with van der Waals surface area (Å²) in [5.74, 6) is 1.52. The van der Waals surface area contributed by atoms with Gasteiger partial charge in [-0.2, -0.15) is 0 Å². The van der Waals surface area contributed by atoms with Crippen LogP contribution in [0.2, 0.25) is 0 Å². The van der Waals surface area contributed by atoms with E-state index in [-0.39, 0.29) is 29.7 Å². The summed E-state index contributed by atoms with van der Waals surface area (Å²) < 4.78 is 5.68. The van der Waals surface area contributed by atoms with Gasteiger partial charge in [0.1, 0.15) is 12.4 Å². The minimum absolute atomic E-state index is 0. The van der Waals surface area contributed by atoms with E-state index < -0.39 is 4.92 Å². The van der Waals surface area contributed by atoms with Gasteiger partial charge in [0.25, 0.3) is 5.69 Å². The number of non-ortho nitro benzene ring substituents is 1. The highest BCUT2D eigenvalue weighted by Gasteiger charge is 2.04. The number of nitro benzene ring substituents is 1. The molecule has 0 atom stereocenters. The van der Waals surface area contributed by atoms with E-state index in [0.29, 0.717) is 25.7 Å². The number of hydrogen-bond donors (Lipinski definition) is 2. The maximum atomic E-state index is 10.7. The molecule has 2 aromatic carbocycles. The van der Waals surface area contributed by atoms with Crippen LogP contribution in [0.5, 0.6) is 5.75 Å². The van der Waals surface area contributed by atoms with Gasteiger partial charge in [-0.05, 0) is 31.5 Å². The highest BCUT2D eigenvalue weighted by molar-refractivity contribution is 14.0. The molecule has 2 N–H and O–H groups in total. The summed E-state index contributed by atoms with van der Waals surface area (Å²) in [7, 11) is 0. The van der Waals surface area contributed by atoms with Gasteiger partial charge in [0.15, 0.2) is 5.96 Å². The van der Waals surface area contributed by atoms with Gasteiger partial charge in [-0.25, -0.2) is 4.99 Å². The van der Waals surface area contributed by atoms with E-state index in [9.17, 15) is 10.1 Å². The monoisotopic (exact) mass is 484 g/mol. The normalized spacial score (nSPS) is 10.7. The average molecular weight is 484 g/mol. The van der Waals surface area contributed by atoms with Gasteiger partial charge in [-0.3, -0.25) is 10.1 Å². The summed E-state index contributed by atoms with van der Waals surface area (Å²) in [5.41, 5.74) is 2.18. The van der Waals surface area contributed by atoms with Crippen LogP contribution in [0, 0.1) is 17.0 Å². The second-order valence-corrected chi connectivity index (χ2v) is 5.71. The van der Waals surface area contributed by atoms with E-state index in [4.69, 9.17) is 4.74 Å². The molecular formula is C19H25IN4O3. The fraction of sp³-hybridized carbons (Fsp3) is 0.316. The molecule has 7 nitrogen and oxygen atoms in total. The number of hydrogen-bond acceptors (Lipinski definition) is 4. The van der Waals surface area contributed by atoms with Gasteiger partial charge in [0, 0.05) is 18.7 Å². The van der Waals surface area contributed by atoms with E-state index in [1.165, 1.54) is 17.7 Å². The molecule has 0 spiro atoms. The predicted molar refractivity (Wildman–Crippen MR) is 118 cm³/mol. The van der Waals surface area contributed by atoms with Crippen LogP contribution in [0.1, 0.15) is 18.1 Å². The molecule has 0 fully saturated rings. The van der Waals surface area contributed by atoms with Gasteiger partial charge < -0.3 is 15.4 Å². The maximum Gasteiger partial charge on any atom is 0.269 e. The molecule has 0 heterocycles. The van der Waals surface area contributed by atoms with Crippen LogP contribution in [-0.4, -0.2) is 30.6 Å². The maximum absolute atomic E-state index is 10.7. The van der Waals surface area contributed by atoms with Crippen molar-refractivity contribution in [2.75, 3.05) is 19.7 Å². The molecule has 27 heavy (non-hydrogen) atoms. The van der Waals surface area contributed by atoms with E-state index in [1.807, 2.05) is 38.1 Å². The lowest BCUT2D eigenvalue weighted by Crippen LogP contribution is -2.39. The zero-order valence-electron chi connectivity index (χ0n) is 15.5. The number of rotatable bonds is 8.